The minimum atomic E-state index is 0.751. The maximum absolute atomic E-state index is 5.22. The van der Waals surface area contributed by atoms with Crippen molar-refractivity contribution < 1.29 is 4.74 Å². The molecule has 5 heteroatoms. The molecule has 0 aliphatic carbocycles. The third-order valence-electron chi connectivity index (χ3n) is 5.06. The molecule has 0 spiro atoms. The number of rotatable bonds is 5. The Labute approximate surface area is 178 Å². The molecule has 4 nitrogen and oxygen atoms in total. The van der Waals surface area contributed by atoms with E-state index in [1.165, 1.54) is 32.9 Å². The van der Waals surface area contributed by atoms with Gasteiger partial charge in [0.25, 0.3) is 0 Å². The van der Waals surface area contributed by atoms with E-state index < -0.39 is 0 Å². The zero-order chi connectivity index (χ0) is 20.3. The summed E-state index contributed by atoms with van der Waals surface area (Å²) in [5.41, 5.74) is 6.15. The first-order chi connectivity index (χ1) is 14.8. The van der Waals surface area contributed by atoms with Crippen LogP contribution in [-0.2, 0) is 0 Å². The van der Waals surface area contributed by atoms with Gasteiger partial charge in [0.05, 0.1) is 19.0 Å². The van der Waals surface area contributed by atoms with E-state index in [9.17, 15) is 0 Å². The van der Waals surface area contributed by atoms with Gasteiger partial charge in [-0.25, -0.2) is 4.98 Å². The molecule has 0 atom stereocenters. The average molecular weight is 410 g/mol. The minimum Gasteiger partial charge on any atom is -0.497 e. The molecule has 0 amide bonds. The van der Waals surface area contributed by atoms with E-state index in [-0.39, 0.29) is 0 Å². The normalized spacial score (nSPS) is 11.4. The number of methoxy groups -OCH3 is 1. The van der Waals surface area contributed by atoms with Gasteiger partial charge in [-0.05, 0) is 51.9 Å². The van der Waals surface area contributed by atoms with Crippen LogP contribution in [0.1, 0.15) is 5.56 Å². The average Bonchev–Trinajstić information content (AvgIpc) is 3.27. The van der Waals surface area contributed by atoms with Crippen LogP contribution in [0.2, 0.25) is 0 Å². The van der Waals surface area contributed by atoms with E-state index in [1.807, 2.05) is 35.9 Å². The number of thiazole rings is 1. The van der Waals surface area contributed by atoms with Crippen molar-refractivity contribution in [1.82, 2.24) is 4.98 Å². The number of benzene rings is 4. The van der Waals surface area contributed by atoms with E-state index in [4.69, 9.17) is 4.74 Å². The molecule has 0 fully saturated rings. The molecule has 1 heterocycles. The molecule has 0 saturated heterocycles. The Kier molecular flexibility index (Phi) is 4.87. The van der Waals surface area contributed by atoms with E-state index in [0.29, 0.717) is 0 Å². The first-order valence-corrected chi connectivity index (χ1v) is 10.5. The summed E-state index contributed by atoms with van der Waals surface area (Å²) in [7, 11) is 1.66. The van der Waals surface area contributed by atoms with Crippen molar-refractivity contribution >= 4 is 44.2 Å². The number of ether oxygens (including phenoxy) is 1. The number of nitrogens with one attached hydrogen (secondary N) is 1. The Hall–Kier alpha value is -3.70. The number of anilines is 1. The summed E-state index contributed by atoms with van der Waals surface area (Å²) in [6.45, 7) is 0. The molecule has 0 radical (unpaired) electrons. The van der Waals surface area contributed by atoms with Crippen LogP contribution in [-0.4, -0.2) is 18.3 Å². The maximum Gasteiger partial charge on any atom is 0.203 e. The highest BCUT2D eigenvalue weighted by Crippen LogP contribution is 2.28. The second-order valence-corrected chi connectivity index (χ2v) is 7.73. The molecular weight excluding hydrogens is 390 g/mol. The van der Waals surface area contributed by atoms with Gasteiger partial charge in [-0.1, -0.05) is 48.5 Å². The predicted molar refractivity (Wildman–Crippen MR) is 127 cm³/mol. The number of fused-ring (bicyclic) bond motifs is 2. The Bertz CT molecular complexity index is 1300. The molecule has 0 aliphatic rings. The Morgan fingerprint density at radius 2 is 1.57 bits per heavy atom. The molecule has 0 aliphatic heterocycles. The highest BCUT2D eigenvalue weighted by molar-refractivity contribution is 7.14. The first kappa shape index (κ1) is 18.3. The lowest BCUT2D eigenvalue weighted by molar-refractivity contribution is 0.415. The fourth-order valence-corrected chi connectivity index (χ4v) is 4.23. The molecule has 0 unspecified atom stereocenters. The summed E-state index contributed by atoms with van der Waals surface area (Å²) in [6, 6.07) is 26.9. The van der Waals surface area contributed by atoms with E-state index in [1.54, 1.807) is 7.11 Å². The van der Waals surface area contributed by atoms with Crippen molar-refractivity contribution in [3.8, 4) is 17.0 Å². The van der Waals surface area contributed by atoms with Gasteiger partial charge in [0.15, 0.2) is 0 Å². The second-order valence-electron chi connectivity index (χ2n) is 6.87. The van der Waals surface area contributed by atoms with E-state index >= 15 is 0 Å². The van der Waals surface area contributed by atoms with Gasteiger partial charge in [0.1, 0.15) is 5.75 Å². The lowest BCUT2D eigenvalue weighted by Gasteiger charge is -2.07. The van der Waals surface area contributed by atoms with Gasteiger partial charge in [0, 0.05) is 16.5 Å². The van der Waals surface area contributed by atoms with Crippen LogP contribution < -0.4 is 10.2 Å². The van der Waals surface area contributed by atoms with Crippen molar-refractivity contribution in [2.45, 2.75) is 0 Å². The lowest BCUT2D eigenvalue weighted by Crippen LogP contribution is -1.93. The molecule has 1 aromatic heterocycles. The molecule has 30 heavy (non-hydrogen) atoms. The summed E-state index contributed by atoms with van der Waals surface area (Å²) < 4.78 is 5.22. The van der Waals surface area contributed by atoms with Crippen LogP contribution in [0.3, 0.4) is 0 Å². The van der Waals surface area contributed by atoms with Crippen LogP contribution in [0.5, 0.6) is 5.75 Å². The van der Waals surface area contributed by atoms with Gasteiger partial charge in [0.2, 0.25) is 5.13 Å². The Balaban J connectivity index is 1.43. The van der Waals surface area contributed by atoms with Crippen molar-refractivity contribution in [3.63, 3.8) is 0 Å². The SMILES string of the molecule is COc1ccc(-c2csc(N/N=C/c3c4ccccc4cc4ccccc34)n2)cc1. The number of hydrazone groups is 1. The largest absolute Gasteiger partial charge is 0.497 e. The van der Waals surface area contributed by atoms with Crippen LogP contribution in [0.25, 0.3) is 32.8 Å². The van der Waals surface area contributed by atoms with Gasteiger partial charge >= 0.3 is 0 Å². The minimum absolute atomic E-state index is 0.751. The van der Waals surface area contributed by atoms with Crippen LogP contribution in [0, 0.1) is 0 Å². The summed E-state index contributed by atoms with van der Waals surface area (Å²) in [5, 5.41) is 12.0. The molecule has 4 aromatic carbocycles. The van der Waals surface area contributed by atoms with E-state index in [0.717, 1.165) is 27.7 Å². The molecule has 0 saturated carbocycles. The molecular formula is C25H19N3OS. The van der Waals surface area contributed by atoms with Gasteiger partial charge < -0.3 is 4.74 Å². The van der Waals surface area contributed by atoms with Crippen molar-refractivity contribution in [1.29, 1.82) is 0 Å². The second kappa shape index (κ2) is 7.97. The molecule has 5 aromatic rings. The molecule has 146 valence electrons. The first-order valence-electron chi connectivity index (χ1n) is 9.61. The quantitative estimate of drug-likeness (QED) is 0.203. The highest BCUT2D eigenvalue weighted by Gasteiger charge is 2.07. The number of hydrogen-bond acceptors (Lipinski definition) is 5. The zero-order valence-electron chi connectivity index (χ0n) is 16.4. The van der Waals surface area contributed by atoms with E-state index in [2.05, 4.69) is 70.1 Å². The third-order valence-corrected chi connectivity index (χ3v) is 5.80. The standard InChI is InChI=1S/C25H19N3OS/c1-29-20-12-10-17(11-13-20)24-16-30-25(27-24)28-26-15-23-21-8-4-2-6-18(21)14-19-7-3-5-9-22(19)23/h2-16H,1H3,(H,27,28)/b26-15+. The Morgan fingerprint density at radius 3 is 2.23 bits per heavy atom. The van der Waals surface area contributed by atoms with Crippen molar-refractivity contribution in [2.75, 3.05) is 12.5 Å². The molecule has 1 N–H and O–H groups in total. The van der Waals surface area contributed by atoms with Crippen LogP contribution in [0.4, 0.5) is 5.13 Å². The smallest absolute Gasteiger partial charge is 0.203 e. The topological polar surface area (TPSA) is 46.5 Å². The number of hydrogen-bond donors (Lipinski definition) is 1. The van der Waals surface area contributed by atoms with Crippen molar-refractivity contribution in [2.24, 2.45) is 5.10 Å². The van der Waals surface area contributed by atoms with Crippen molar-refractivity contribution in [3.05, 3.63) is 89.8 Å². The zero-order valence-corrected chi connectivity index (χ0v) is 17.2. The fourth-order valence-electron chi connectivity index (χ4n) is 3.56. The monoisotopic (exact) mass is 409 g/mol. The predicted octanol–water partition coefficient (Wildman–Crippen LogP) is 6.57. The number of aromatic nitrogens is 1. The summed E-state index contributed by atoms with van der Waals surface area (Å²) in [6.07, 6.45) is 1.89. The van der Waals surface area contributed by atoms with Gasteiger partial charge in [-0.2, -0.15) is 5.10 Å². The molecule has 0 bridgehead atoms. The highest BCUT2D eigenvalue weighted by atomic mass is 32.1. The summed E-state index contributed by atoms with van der Waals surface area (Å²) >= 11 is 1.53. The lowest BCUT2D eigenvalue weighted by atomic mass is 9.97. The maximum atomic E-state index is 5.22. The number of nitrogens with zero attached hydrogens (tertiary/aromatic N) is 2. The Morgan fingerprint density at radius 1 is 0.900 bits per heavy atom. The fraction of sp³-hybridized carbons (Fsp3) is 0.0400. The molecule has 5 rings (SSSR count). The summed E-state index contributed by atoms with van der Waals surface area (Å²) in [4.78, 5) is 4.64. The van der Waals surface area contributed by atoms with Crippen LogP contribution >= 0.6 is 11.3 Å². The third kappa shape index (κ3) is 3.51. The van der Waals surface area contributed by atoms with Crippen LogP contribution in [0.15, 0.2) is 89.3 Å². The summed E-state index contributed by atoms with van der Waals surface area (Å²) in [5.74, 6) is 0.833. The van der Waals surface area contributed by atoms with Gasteiger partial charge in [-0.15, -0.1) is 11.3 Å². The van der Waals surface area contributed by atoms with Gasteiger partial charge in [-0.3, -0.25) is 5.43 Å².